The molecule has 0 unspecified atom stereocenters. The van der Waals surface area contributed by atoms with Crippen LogP contribution in [0, 0.1) is 6.92 Å². The van der Waals surface area contributed by atoms with E-state index in [9.17, 15) is 9.59 Å². The fraction of sp³-hybridized carbons (Fsp3) is 0.125. The van der Waals surface area contributed by atoms with Crippen molar-refractivity contribution in [1.82, 2.24) is 9.78 Å². The lowest BCUT2D eigenvalue weighted by atomic mass is 9.85. The number of nitrogens with one attached hydrogen (secondary N) is 1. The zero-order chi connectivity index (χ0) is 20.8. The standard InChI is InChI=1S/C24H18BrN3O2/c1-14-22-20(23(30)17-7-6-15-4-2-3-5-16(15)12-17)13-21(29)26-24(22)28(27-14)19-10-8-18(25)9-11-19/h2-12,20H,13H2,1H3,(H,26,29)/t20-/m1/s1. The summed E-state index contributed by atoms with van der Waals surface area (Å²) < 4.78 is 2.66. The Morgan fingerprint density at radius 1 is 1.07 bits per heavy atom. The number of anilines is 1. The van der Waals surface area contributed by atoms with Gasteiger partial charge in [0.25, 0.3) is 0 Å². The van der Waals surface area contributed by atoms with Crippen molar-refractivity contribution < 1.29 is 9.59 Å². The third kappa shape index (κ3) is 3.13. The predicted molar refractivity (Wildman–Crippen MR) is 120 cm³/mol. The van der Waals surface area contributed by atoms with Crippen molar-refractivity contribution in [1.29, 1.82) is 0 Å². The maximum Gasteiger partial charge on any atom is 0.226 e. The SMILES string of the molecule is Cc1nn(-c2ccc(Br)cc2)c2c1[C@H](C(=O)c1ccc3ccccc3c1)CC(=O)N2. The Morgan fingerprint density at radius 2 is 1.80 bits per heavy atom. The Bertz CT molecular complexity index is 1310. The number of ketones is 1. The zero-order valence-corrected chi connectivity index (χ0v) is 17.8. The second kappa shape index (κ2) is 7.22. The number of nitrogens with zero attached hydrogens (tertiary/aromatic N) is 2. The molecule has 1 atom stereocenters. The van der Waals surface area contributed by atoms with Gasteiger partial charge in [0.05, 0.1) is 17.3 Å². The normalized spacial score (nSPS) is 15.7. The van der Waals surface area contributed by atoms with Gasteiger partial charge < -0.3 is 5.32 Å². The van der Waals surface area contributed by atoms with Crippen molar-refractivity contribution in [2.75, 3.05) is 5.32 Å². The molecule has 1 aliphatic rings. The molecule has 1 aliphatic heterocycles. The molecule has 5 nitrogen and oxygen atoms in total. The number of halogens is 1. The molecule has 0 fully saturated rings. The lowest BCUT2D eigenvalue weighted by Gasteiger charge is -2.23. The molecule has 0 saturated carbocycles. The number of benzene rings is 3. The fourth-order valence-corrected chi connectivity index (χ4v) is 4.35. The Hall–Kier alpha value is -3.25. The molecule has 0 spiro atoms. The number of hydrogen-bond donors (Lipinski definition) is 1. The van der Waals surface area contributed by atoms with E-state index in [1.807, 2.05) is 73.7 Å². The van der Waals surface area contributed by atoms with Crippen LogP contribution in [0.2, 0.25) is 0 Å². The molecule has 4 aromatic rings. The van der Waals surface area contributed by atoms with E-state index in [4.69, 9.17) is 0 Å². The van der Waals surface area contributed by atoms with E-state index >= 15 is 0 Å². The Kier molecular flexibility index (Phi) is 4.51. The van der Waals surface area contributed by atoms with Gasteiger partial charge in [-0.15, -0.1) is 0 Å². The van der Waals surface area contributed by atoms with E-state index in [0.717, 1.165) is 32.2 Å². The number of hydrogen-bond acceptors (Lipinski definition) is 3. The number of Topliss-reactive ketones (excluding diaryl/α,β-unsaturated/α-hetero) is 1. The van der Waals surface area contributed by atoms with E-state index in [2.05, 4.69) is 26.3 Å². The Morgan fingerprint density at radius 3 is 2.57 bits per heavy atom. The minimum absolute atomic E-state index is 0.0599. The van der Waals surface area contributed by atoms with Crippen LogP contribution in [0.3, 0.4) is 0 Å². The van der Waals surface area contributed by atoms with E-state index in [1.54, 1.807) is 4.68 Å². The lowest BCUT2D eigenvalue weighted by molar-refractivity contribution is -0.116. The van der Waals surface area contributed by atoms with Crippen LogP contribution in [0.4, 0.5) is 5.82 Å². The summed E-state index contributed by atoms with van der Waals surface area (Å²) in [4.78, 5) is 26.0. The summed E-state index contributed by atoms with van der Waals surface area (Å²) in [6.45, 7) is 1.88. The summed E-state index contributed by atoms with van der Waals surface area (Å²) in [7, 11) is 0. The highest BCUT2D eigenvalue weighted by molar-refractivity contribution is 9.10. The van der Waals surface area contributed by atoms with E-state index in [-0.39, 0.29) is 18.1 Å². The van der Waals surface area contributed by atoms with Crippen molar-refractivity contribution >= 4 is 44.2 Å². The molecule has 0 saturated heterocycles. The van der Waals surface area contributed by atoms with Crippen LogP contribution in [0.5, 0.6) is 0 Å². The van der Waals surface area contributed by atoms with Gasteiger partial charge in [-0.1, -0.05) is 52.3 Å². The second-order valence-electron chi connectivity index (χ2n) is 7.47. The maximum absolute atomic E-state index is 13.5. The highest BCUT2D eigenvalue weighted by Gasteiger charge is 2.36. The van der Waals surface area contributed by atoms with Crippen LogP contribution in [0.15, 0.2) is 71.2 Å². The van der Waals surface area contributed by atoms with Crippen LogP contribution in [0.1, 0.15) is 34.0 Å². The largest absolute Gasteiger partial charge is 0.310 e. The van der Waals surface area contributed by atoms with Crippen LogP contribution in [-0.2, 0) is 4.79 Å². The molecule has 6 heteroatoms. The topological polar surface area (TPSA) is 64.0 Å². The molecule has 148 valence electrons. The van der Waals surface area contributed by atoms with E-state index < -0.39 is 5.92 Å². The van der Waals surface area contributed by atoms with Crippen molar-refractivity contribution in [3.8, 4) is 5.69 Å². The van der Waals surface area contributed by atoms with Gasteiger partial charge in [0.2, 0.25) is 5.91 Å². The molecule has 0 radical (unpaired) electrons. The van der Waals surface area contributed by atoms with Crippen molar-refractivity contribution in [3.05, 3.63) is 88.0 Å². The number of carbonyl (C=O) groups is 2. The summed E-state index contributed by atoms with van der Waals surface area (Å²) in [5, 5.41) is 9.65. The second-order valence-corrected chi connectivity index (χ2v) is 8.38. The Balaban J connectivity index is 1.60. The average Bonchev–Trinajstić information content (AvgIpc) is 3.09. The first-order valence-electron chi connectivity index (χ1n) is 9.69. The molecule has 30 heavy (non-hydrogen) atoms. The van der Waals surface area contributed by atoms with Crippen molar-refractivity contribution in [2.24, 2.45) is 0 Å². The molecular weight excluding hydrogens is 442 g/mol. The van der Waals surface area contributed by atoms with Gasteiger partial charge in [-0.3, -0.25) is 9.59 Å². The molecule has 5 rings (SSSR count). The Labute approximate surface area is 181 Å². The third-order valence-electron chi connectivity index (χ3n) is 5.52. The molecule has 2 heterocycles. The minimum atomic E-state index is -0.556. The van der Waals surface area contributed by atoms with Crippen LogP contribution < -0.4 is 5.32 Å². The predicted octanol–water partition coefficient (Wildman–Crippen LogP) is 5.41. The molecule has 3 aromatic carbocycles. The summed E-state index contributed by atoms with van der Waals surface area (Å²) in [6.07, 6.45) is 0.117. The summed E-state index contributed by atoms with van der Waals surface area (Å²) in [5.41, 5.74) is 2.96. The number of amides is 1. The molecular formula is C24H18BrN3O2. The number of fused-ring (bicyclic) bond motifs is 2. The first-order chi connectivity index (χ1) is 14.5. The first kappa shape index (κ1) is 18.8. The average molecular weight is 460 g/mol. The summed E-state index contributed by atoms with van der Waals surface area (Å²) in [5.74, 6) is -0.223. The van der Waals surface area contributed by atoms with Crippen LogP contribution in [-0.4, -0.2) is 21.5 Å². The minimum Gasteiger partial charge on any atom is -0.310 e. The third-order valence-corrected chi connectivity index (χ3v) is 6.05. The van der Waals surface area contributed by atoms with Crippen LogP contribution >= 0.6 is 15.9 Å². The maximum atomic E-state index is 13.5. The monoisotopic (exact) mass is 459 g/mol. The summed E-state index contributed by atoms with van der Waals surface area (Å²) in [6, 6.07) is 21.3. The van der Waals surface area contributed by atoms with Gasteiger partial charge in [0.1, 0.15) is 5.82 Å². The summed E-state index contributed by atoms with van der Waals surface area (Å²) >= 11 is 3.44. The van der Waals surface area contributed by atoms with Crippen molar-refractivity contribution in [2.45, 2.75) is 19.3 Å². The van der Waals surface area contributed by atoms with Gasteiger partial charge in [0, 0.05) is 22.0 Å². The number of rotatable bonds is 3. The molecule has 0 aliphatic carbocycles. The molecule has 0 bridgehead atoms. The first-order valence-corrected chi connectivity index (χ1v) is 10.5. The van der Waals surface area contributed by atoms with Gasteiger partial charge in [-0.05, 0) is 48.0 Å². The van der Waals surface area contributed by atoms with Gasteiger partial charge >= 0.3 is 0 Å². The highest BCUT2D eigenvalue weighted by atomic mass is 79.9. The van der Waals surface area contributed by atoms with E-state index in [1.165, 1.54) is 0 Å². The number of aromatic nitrogens is 2. The van der Waals surface area contributed by atoms with Gasteiger partial charge in [-0.25, -0.2) is 4.68 Å². The van der Waals surface area contributed by atoms with E-state index in [0.29, 0.717) is 11.4 Å². The van der Waals surface area contributed by atoms with Gasteiger partial charge in [-0.2, -0.15) is 5.10 Å². The molecule has 1 aromatic heterocycles. The number of carbonyl (C=O) groups excluding carboxylic acids is 2. The quantitative estimate of drug-likeness (QED) is 0.416. The smallest absolute Gasteiger partial charge is 0.226 e. The van der Waals surface area contributed by atoms with Crippen molar-refractivity contribution in [3.63, 3.8) is 0 Å². The lowest BCUT2D eigenvalue weighted by Crippen LogP contribution is -2.28. The number of aryl methyl sites for hydroxylation is 1. The molecule has 1 N–H and O–H groups in total. The zero-order valence-electron chi connectivity index (χ0n) is 16.2. The fourth-order valence-electron chi connectivity index (χ4n) is 4.08. The highest BCUT2D eigenvalue weighted by Crippen LogP contribution is 2.38. The molecule has 1 amide bonds. The van der Waals surface area contributed by atoms with Gasteiger partial charge in [0.15, 0.2) is 5.78 Å². The van der Waals surface area contributed by atoms with Crippen LogP contribution in [0.25, 0.3) is 16.5 Å².